The summed E-state index contributed by atoms with van der Waals surface area (Å²) in [6.45, 7) is 0.287. The summed E-state index contributed by atoms with van der Waals surface area (Å²) >= 11 is 0. The largest absolute Gasteiger partial charge is 0.450 e. The quantitative estimate of drug-likeness (QED) is 0.532. The second-order valence-corrected chi connectivity index (χ2v) is 6.89. The van der Waals surface area contributed by atoms with Gasteiger partial charge < -0.3 is 9.32 Å². The molecular formula is C23H15FN2O3. The number of hydrogen-bond donors (Lipinski definition) is 0. The molecule has 5 rings (SSSR count). The minimum atomic E-state index is -0.706. The smallest absolute Gasteiger partial charge is 0.291 e. The fourth-order valence-electron chi connectivity index (χ4n) is 3.78. The van der Waals surface area contributed by atoms with E-state index < -0.39 is 17.3 Å². The van der Waals surface area contributed by atoms with Gasteiger partial charge in [-0.3, -0.25) is 14.6 Å². The molecule has 0 saturated carbocycles. The monoisotopic (exact) mass is 386 g/mol. The minimum absolute atomic E-state index is 0.0132. The van der Waals surface area contributed by atoms with Crippen LogP contribution in [0.1, 0.15) is 33.4 Å². The van der Waals surface area contributed by atoms with E-state index in [2.05, 4.69) is 4.98 Å². The maximum absolute atomic E-state index is 13.8. The molecule has 1 amide bonds. The lowest BCUT2D eigenvalue weighted by Crippen LogP contribution is -2.29. The van der Waals surface area contributed by atoms with Crippen LogP contribution in [0.4, 0.5) is 4.39 Å². The summed E-state index contributed by atoms with van der Waals surface area (Å²) in [4.78, 5) is 32.5. The summed E-state index contributed by atoms with van der Waals surface area (Å²) in [6.07, 6.45) is 1.61. The van der Waals surface area contributed by atoms with Crippen molar-refractivity contribution < 1.29 is 13.6 Å². The second kappa shape index (κ2) is 6.67. The Morgan fingerprint density at radius 2 is 1.79 bits per heavy atom. The molecule has 1 atom stereocenters. The maximum atomic E-state index is 13.8. The summed E-state index contributed by atoms with van der Waals surface area (Å²) in [5, 5.41) is 0.110. The third-order valence-electron chi connectivity index (χ3n) is 5.09. The molecule has 5 nitrogen and oxygen atoms in total. The summed E-state index contributed by atoms with van der Waals surface area (Å²) < 4.78 is 19.5. The van der Waals surface area contributed by atoms with E-state index in [1.807, 2.05) is 30.3 Å². The Hall–Kier alpha value is -3.80. The first-order chi connectivity index (χ1) is 14.1. The Labute approximate surface area is 165 Å². The zero-order chi connectivity index (χ0) is 20.0. The Morgan fingerprint density at radius 3 is 2.55 bits per heavy atom. The summed E-state index contributed by atoms with van der Waals surface area (Å²) in [5.74, 6) is -0.937. The maximum Gasteiger partial charge on any atom is 0.291 e. The van der Waals surface area contributed by atoms with Gasteiger partial charge in [0, 0.05) is 12.7 Å². The van der Waals surface area contributed by atoms with Crippen molar-refractivity contribution in [3.05, 3.63) is 112 Å². The molecule has 3 heterocycles. The molecule has 0 radical (unpaired) electrons. The molecule has 0 saturated heterocycles. The summed E-state index contributed by atoms with van der Waals surface area (Å²) in [5.41, 5.74) is 1.43. The van der Waals surface area contributed by atoms with Gasteiger partial charge in [-0.15, -0.1) is 0 Å². The van der Waals surface area contributed by atoms with Crippen LogP contribution in [-0.4, -0.2) is 15.8 Å². The third kappa shape index (κ3) is 2.81. The van der Waals surface area contributed by atoms with E-state index in [1.165, 1.54) is 12.1 Å². The van der Waals surface area contributed by atoms with E-state index in [-0.39, 0.29) is 34.7 Å². The molecule has 29 heavy (non-hydrogen) atoms. The fraction of sp³-hybridized carbons (Fsp3) is 0.0870. The van der Waals surface area contributed by atoms with E-state index in [9.17, 15) is 14.0 Å². The Balaban J connectivity index is 1.74. The Morgan fingerprint density at radius 1 is 1.00 bits per heavy atom. The third-order valence-corrected chi connectivity index (χ3v) is 5.09. The molecule has 0 aliphatic carbocycles. The van der Waals surface area contributed by atoms with E-state index in [0.29, 0.717) is 5.69 Å². The van der Waals surface area contributed by atoms with Gasteiger partial charge in [-0.25, -0.2) is 4.39 Å². The second-order valence-electron chi connectivity index (χ2n) is 6.89. The van der Waals surface area contributed by atoms with Crippen molar-refractivity contribution in [2.24, 2.45) is 0 Å². The van der Waals surface area contributed by atoms with Crippen LogP contribution < -0.4 is 5.43 Å². The van der Waals surface area contributed by atoms with Crippen LogP contribution in [0.2, 0.25) is 0 Å². The van der Waals surface area contributed by atoms with Crippen LogP contribution in [-0.2, 0) is 6.54 Å². The van der Waals surface area contributed by atoms with Gasteiger partial charge >= 0.3 is 0 Å². The van der Waals surface area contributed by atoms with Gasteiger partial charge in [0.05, 0.1) is 16.6 Å². The number of carbonyl (C=O) groups excluding carboxylic acids is 1. The minimum Gasteiger partial charge on any atom is -0.450 e. The zero-order valence-electron chi connectivity index (χ0n) is 15.2. The molecule has 0 N–H and O–H groups in total. The molecule has 0 fully saturated rings. The Bertz CT molecular complexity index is 1290. The molecule has 0 unspecified atom stereocenters. The van der Waals surface area contributed by atoms with Gasteiger partial charge in [0.15, 0.2) is 5.43 Å². The van der Waals surface area contributed by atoms with Crippen molar-refractivity contribution in [2.75, 3.05) is 0 Å². The van der Waals surface area contributed by atoms with Crippen molar-refractivity contribution in [1.82, 2.24) is 9.88 Å². The highest BCUT2D eigenvalue weighted by atomic mass is 19.1. The molecule has 2 aromatic heterocycles. The Kier molecular flexibility index (Phi) is 3.98. The highest BCUT2D eigenvalue weighted by Crippen LogP contribution is 2.38. The van der Waals surface area contributed by atoms with Gasteiger partial charge in [-0.2, -0.15) is 0 Å². The van der Waals surface area contributed by atoms with Gasteiger partial charge in [-0.1, -0.05) is 36.4 Å². The zero-order valence-corrected chi connectivity index (χ0v) is 15.2. The summed E-state index contributed by atoms with van der Waals surface area (Å²) in [7, 11) is 0. The number of carbonyl (C=O) groups is 1. The number of nitrogens with zero attached hydrogens (tertiary/aromatic N) is 2. The first kappa shape index (κ1) is 17.3. The van der Waals surface area contributed by atoms with E-state index >= 15 is 0 Å². The molecule has 1 aliphatic rings. The van der Waals surface area contributed by atoms with Crippen molar-refractivity contribution in [3.8, 4) is 0 Å². The molecule has 0 spiro atoms. The molecule has 0 bridgehead atoms. The van der Waals surface area contributed by atoms with E-state index in [4.69, 9.17) is 4.42 Å². The normalized spacial score (nSPS) is 15.7. The van der Waals surface area contributed by atoms with Crippen LogP contribution in [0.15, 0.2) is 82.1 Å². The van der Waals surface area contributed by atoms with E-state index in [1.54, 1.807) is 29.3 Å². The van der Waals surface area contributed by atoms with Gasteiger partial charge in [-0.05, 0) is 35.9 Å². The molecule has 2 aromatic carbocycles. The molecular weight excluding hydrogens is 371 g/mol. The lowest BCUT2D eigenvalue weighted by molar-refractivity contribution is 0.0712. The number of amides is 1. The molecule has 4 aromatic rings. The fourth-order valence-corrected chi connectivity index (χ4v) is 3.78. The van der Waals surface area contributed by atoms with Crippen LogP contribution in [0.3, 0.4) is 0 Å². The van der Waals surface area contributed by atoms with Crippen molar-refractivity contribution >= 4 is 16.9 Å². The van der Waals surface area contributed by atoms with Crippen molar-refractivity contribution in [3.63, 3.8) is 0 Å². The highest BCUT2D eigenvalue weighted by molar-refractivity contribution is 5.98. The lowest BCUT2D eigenvalue weighted by Gasteiger charge is -2.24. The van der Waals surface area contributed by atoms with Crippen LogP contribution in [0.25, 0.3) is 11.0 Å². The van der Waals surface area contributed by atoms with Gasteiger partial charge in [0.25, 0.3) is 5.91 Å². The number of fused-ring (bicyclic) bond motifs is 2. The number of halogens is 1. The van der Waals surface area contributed by atoms with Gasteiger partial charge in [0.2, 0.25) is 5.76 Å². The standard InChI is InChI=1S/C23H15FN2O3/c24-15-9-10-18-16(12-15)21(27)19-20(17-8-4-5-11-25-17)26(23(28)22(19)29-18)13-14-6-2-1-3-7-14/h1-12,20H,13H2/t20-/m1/s1. The number of rotatable bonds is 3. The van der Waals surface area contributed by atoms with Crippen LogP contribution in [0.5, 0.6) is 0 Å². The number of aromatic nitrogens is 1. The van der Waals surface area contributed by atoms with Crippen LogP contribution >= 0.6 is 0 Å². The number of pyridine rings is 1. The highest BCUT2D eigenvalue weighted by Gasteiger charge is 2.43. The molecule has 6 heteroatoms. The lowest BCUT2D eigenvalue weighted by atomic mass is 10.0. The average molecular weight is 386 g/mol. The SMILES string of the molecule is O=C1c2oc3ccc(F)cc3c(=O)c2[C@@H](c2ccccn2)N1Cc1ccccc1. The first-order valence-corrected chi connectivity index (χ1v) is 9.15. The van der Waals surface area contributed by atoms with Crippen molar-refractivity contribution in [1.29, 1.82) is 0 Å². The molecule has 1 aliphatic heterocycles. The topological polar surface area (TPSA) is 63.4 Å². The predicted octanol–water partition coefficient (Wildman–Crippen LogP) is 4.07. The first-order valence-electron chi connectivity index (χ1n) is 9.15. The van der Waals surface area contributed by atoms with Crippen LogP contribution in [0, 0.1) is 5.82 Å². The average Bonchev–Trinajstić information content (AvgIpc) is 3.02. The van der Waals surface area contributed by atoms with Gasteiger partial charge in [0.1, 0.15) is 17.4 Å². The summed E-state index contributed by atoms with van der Waals surface area (Å²) in [6, 6.07) is 17.8. The number of benzene rings is 2. The van der Waals surface area contributed by atoms with Crippen molar-refractivity contribution in [2.45, 2.75) is 12.6 Å². The van der Waals surface area contributed by atoms with E-state index in [0.717, 1.165) is 11.6 Å². The molecule has 142 valence electrons. The number of hydrogen-bond acceptors (Lipinski definition) is 4. The predicted molar refractivity (Wildman–Crippen MR) is 105 cm³/mol.